The fraction of sp³-hybridized carbons (Fsp3) is 0.0769. The van der Waals surface area contributed by atoms with Crippen LogP contribution in [0.4, 0.5) is 22.0 Å². The number of benzene rings is 1. The van der Waals surface area contributed by atoms with E-state index in [1.807, 2.05) is 30.3 Å². The number of nitrogens with one attached hydrogen (secondary N) is 2. The predicted octanol–water partition coefficient (Wildman–Crippen LogP) is 3.77. The van der Waals surface area contributed by atoms with E-state index in [1.54, 1.807) is 12.3 Å². The van der Waals surface area contributed by atoms with E-state index in [9.17, 15) is 4.79 Å². The number of aromatic nitrogens is 1. The predicted molar refractivity (Wildman–Crippen MR) is 77.7 cm³/mol. The molecule has 19 heavy (non-hydrogen) atoms. The molecule has 0 bridgehead atoms. The number of hydrogen-bond acceptors (Lipinski definition) is 4. The Morgan fingerprint density at radius 2 is 2.05 bits per heavy atom. The zero-order valence-electron chi connectivity index (χ0n) is 10.2. The molecule has 98 valence electrons. The molecule has 5 nitrogen and oxygen atoms in total. The maximum Gasteiger partial charge on any atom is 0.412 e. The highest BCUT2D eigenvalue weighted by Gasteiger charge is 2.03. The summed E-state index contributed by atoms with van der Waals surface area (Å²) in [5.41, 5.74) is 1.76. The molecule has 6 heteroatoms. The smallest absolute Gasteiger partial charge is 0.412 e. The lowest BCUT2D eigenvalue weighted by molar-refractivity contribution is 0.187. The topological polar surface area (TPSA) is 63.2 Å². The number of ether oxygens (including phenoxy) is 1. The van der Waals surface area contributed by atoms with Crippen LogP contribution in [0.15, 0.2) is 47.1 Å². The highest BCUT2D eigenvalue weighted by Crippen LogP contribution is 2.25. The second-order valence-electron chi connectivity index (χ2n) is 3.65. The molecule has 2 N–H and O–H groups in total. The summed E-state index contributed by atoms with van der Waals surface area (Å²) in [6.07, 6.45) is 1.09. The van der Waals surface area contributed by atoms with E-state index >= 15 is 0 Å². The summed E-state index contributed by atoms with van der Waals surface area (Å²) in [5, 5.41) is 5.70. The van der Waals surface area contributed by atoms with Crippen molar-refractivity contribution in [2.24, 2.45) is 0 Å². The van der Waals surface area contributed by atoms with Crippen molar-refractivity contribution in [1.29, 1.82) is 0 Å². The molecule has 0 atom stereocenters. The van der Waals surface area contributed by atoms with Gasteiger partial charge in [-0.1, -0.05) is 12.1 Å². The molecule has 0 fully saturated rings. The number of amides is 1. The zero-order valence-corrected chi connectivity index (χ0v) is 11.8. The first kappa shape index (κ1) is 13.4. The third-order valence-electron chi connectivity index (χ3n) is 2.33. The molecule has 0 radical (unpaired) electrons. The number of rotatable bonds is 3. The van der Waals surface area contributed by atoms with Gasteiger partial charge in [-0.15, -0.1) is 0 Å². The Bertz CT molecular complexity index is 572. The van der Waals surface area contributed by atoms with Gasteiger partial charge in [0.15, 0.2) is 0 Å². The normalized spacial score (nSPS) is 9.79. The maximum absolute atomic E-state index is 11.0. The molecule has 0 saturated heterocycles. The van der Waals surface area contributed by atoms with E-state index in [0.29, 0.717) is 5.82 Å². The summed E-state index contributed by atoms with van der Waals surface area (Å²) in [4.78, 5) is 15.1. The molecule has 2 rings (SSSR count). The number of anilines is 3. The Kier molecular flexibility index (Phi) is 4.35. The molecule has 2 aromatic rings. The maximum atomic E-state index is 11.0. The van der Waals surface area contributed by atoms with Gasteiger partial charge < -0.3 is 10.1 Å². The van der Waals surface area contributed by atoms with Gasteiger partial charge in [0.1, 0.15) is 5.82 Å². The first-order chi connectivity index (χ1) is 9.19. The molecular weight excluding hydrogens is 310 g/mol. The third kappa shape index (κ3) is 3.69. The Labute approximate surface area is 119 Å². The lowest BCUT2D eigenvalue weighted by Gasteiger charge is -2.08. The largest absolute Gasteiger partial charge is 0.453 e. The monoisotopic (exact) mass is 321 g/mol. The van der Waals surface area contributed by atoms with Crippen LogP contribution < -0.4 is 10.6 Å². The minimum atomic E-state index is -0.543. The molecule has 0 spiro atoms. The third-order valence-corrected chi connectivity index (χ3v) is 3.02. The van der Waals surface area contributed by atoms with Crippen LogP contribution in [0.25, 0.3) is 0 Å². The van der Waals surface area contributed by atoms with Gasteiger partial charge in [-0.3, -0.25) is 5.32 Å². The number of carbonyl (C=O) groups is 1. The first-order valence-corrected chi connectivity index (χ1v) is 6.31. The highest BCUT2D eigenvalue weighted by molar-refractivity contribution is 9.10. The fourth-order valence-corrected chi connectivity index (χ4v) is 1.80. The standard InChI is InChI=1S/C13H12BrN3O2/c1-19-13(18)17-12-7-6-9(8-15-12)16-11-5-3-2-4-10(11)14/h2-8,16H,1H3,(H,15,17,18). The van der Waals surface area contributed by atoms with E-state index in [2.05, 4.69) is 36.3 Å². The van der Waals surface area contributed by atoms with Crippen molar-refractivity contribution in [3.63, 3.8) is 0 Å². The average Bonchev–Trinajstić information content (AvgIpc) is 2.43. The quantitative estimate of drug-likeness (QED) is 0.903. The summed E-state index contributed by atoms with van der Waals surface area (Å²) < 4.78 is 5.45. The summed E-state index contributed by atoms with van der Waals surface area (Å²) in [7, 11) is 1.30. The Morgan fingerprint density at radius 1 is 1.26 bits per heavy atom. The average molecular weight is 322 g/mol. The fourth-order valence-electron chi connectivity index (χ4n) is 1.42. The SMILES string of the molecule is COC(=O)Nc1ccc(Nc2ccccc2Br)cn1. The number of hydrogen-bond donors (Lipinski definition) is 2. The van der Waals surface area contributed by atoms with Crippen molar-refractivity contribution in [2.75, 3.05) is 17.7 Å². The molecule has 1 aromatic carbocycles. The molecule has 0 aliphatic rings. The van der Waals surface area contributed by atoms with Gasteiger partial charge in [0.2, 0.25) is 0 Å². The molecule has 0 unspecified atom stereocenters. The van der Waals surface area contributed by atoms with Crippen molar-refractivity contribution in [1.82, 2.24) is 4.98 Å². The molecule has 0 aliphatic carbocycles. The van der Waals surface area contributed by atoms with Gasteiger partial charge >= 0.3 is 6.09 Å². The lowest BCUT2D eigenvalue weighted by atomic mass is 10.3. The number of carbonyl (C=O) groups excluding carboxylic acids is 1. The molecule has 1 aromatic heterocycles. The first-order valence-electron chi connectivity index (χ1n) is 5.51. The van der Waals surface area contributed by atoms with Gasteiger partial charge in [-0.2, -0.15) is 0 Å². The van der Waals surface area contributed by atoms with Crippen LogP contribution in [0.1, 0.15) is 0 Å². The molecule has 0 aliphatic heterocycles. The van der Waals surface area contributed by atoms with Crippen LogP contribution in [0.3, 0.4) is 0 Å². The van der Waals surface area contributed by atoms with Crippen LogP contribution in [-0.4, -0.2) is 18.2 Å². The van der Waals surface area contributed by atoms with Crippen molar-refractivity contribution < 1.29 is 9.53 Å². The van der Waals surface area contributed by atoms with Gasteiger partial charge in [-0.05, 0) is 40.2 Å². The number of nitrogens with zero attached hydrogens (tertiary/aromatic N) is 1. The number of para-hydroxylation sites is 1. The van der Waals surface area contributed by atoms with Gasteiger partial charge in [0.25, 0.3) is 0 Å². The van der Waals surface area contributed by atoms with Crippen LogP contribution in [0, 0.1) is 0 Å². The van der Waals surface area contributed by atoms with Crippen molar-refractivity contribution in [3.05, 3.63) is 47.1 Å². The van der Waals surface area contributed by atoms with Crippen molar-refractivity contribution >= 4 is 39.2 Å². The number of pyridine rings is 1. The summed E-state index contributed by atoms with van der Waals surface area (Å²) in [6.45, 7) is 0. The van der Waals surface area contributed by atoms with Crippen LogP contribution in [-0.2, 0) is 4.74 Å². The second-order valence-corrected chi connectivity index (χ2v) is 4.51. The van der Waals surface area contributed by atoms with Gasteiger partial charge in [0.05, 0.1) is 24.7 Å². The Morgan fingerprint density at radius 3 is 2.68 bits per heavy atom. The summed E-state index contributed by atoms with van der Waals surface area (Å²) >= 11 is 3.45. The molecule has 0 saturated carbocycles. The van der Waals surface area contributed by atoms with Crippen LogP contribution in [0.2, 0.25) is 0 Å². The van der Waals surface area contributed by atoms with E-state index in [-0.39, 0.29) is 0 Å². The van der Waals surface area contributed by atoms with Crippen LogP contribution in [0.5, 0.6) is 0 Å². The second kappa shape index (κ2) is 6.19. The van der Waals surface area contributed by atoms with Crippen LogP contribution >= 0.6 is 15.9 Å². The number of methoxy groups -OCH3 is 1. The van der Waals surface area contributed by atoms with Gasteiger partial charge in [0, 0.05) is 4.47 Å². The minimum Gasteiger partial charge on any atom is -0.453 e. The lowest BCUT2D eigenvalue weighted by Crippen LogP contribution is -2.11. The Hall–Kier alpha value is -2.08. The zero-order chi connectivity index (χ0) is 13.7. The van der Waals surface area contributed by atoms with Crippen molar-refractivity contribution in [3.8, 4) is 0 Å². The summed E-state index contributed by atoms with van der Waals surface area (Å²) in [5.74, 6) is 0.435. The highest BCUT2D eigenvalue weighted by atomic mass is 79.9. The van der Waals surface area contributed by atoms with E-state index in [1.165, 1.54) is 7.11 Å². The van der Waals surface area contributed by atoms with Crippen molar-refractivity contribution in [2.45, 2.75) is 0 Å². The minimum absolute atomic E-state index is 0.435. The molecular formula is C13H12BrN3O2. The number of halogens is 1. The van der Waals surface area contributed by atoms with E-state index in [0.717, 1.165) is 15.8 Å². The van der Waals surface area contributed by atoms with E-state index < -0.39 is 6.09 Å². The van der Waals surface area contributed by atoms with Gasteiger partial charge in [-0.25, -0.2) is 9.78 Å². The molecule has 1 amide bonds. The van der Waals surface area contributed by atoms with E-state index in [4.69, 9.17) is 0 Å². The summed E-state index contributed by atoms with van der Waals surface area (Å²) in [6, 6.07) is 11.3. The Balaban J connectivity index is 2.07. The molecule has 1 heterocycles.